The van der Waals surface area contributed by atoms with Gasteiger partial charge >= 0.3 is 0 Å². The third-order valence-electron chi connectivity index (χ3n) is 3.51. The van der Waals surface area contributed by atoms with Crippen molar-refractivity contribution >= 4 is 11.6 Å². The average Bonchev–Trinajstić information content (AvgIpc) is 2.51. The predicted octanol–water partition coefficient (Wildman–Crippen LogP) is 3.17. The molecule has 0 radical (unpaired) electrons. The number of nitrogens with one attached hydrogen (secondary N) is 1. The number of benzene rings is 2. The summed E-state index contributed by atoms with van der Waals surface area (Å²) in [5.74, 6) is 0.538. The molecule has 4 heteroatoms. The Labute approximate surface area is 131 Å². The molecule has 3 N–H and O–H groups in total. The maximum Gasteiger partial charge on any atom is 0.265 e. The summed E-state index contributed by atoms with van der Waals surface area (Å²) in [4.78, 5) is 12.3. The number of ether oxygens (including phenoxy) is 1. The number of anilines is 1. The minimum absolute atomic E-state index is 0.193. The zero-order valence-corrected chi connectivity index (χ0v) is 13.2. The first-order chi connectivity index (χ1) is 10.5. The Bertz CT molecular complexity index is 668. The molecule has 0 bridgehead atoms. The van der Waals surface area contributed by atoms with Crippen LogP contribution in [0.25, 0.3) is 0 Å². The number of nitrogens with two attached hydrogens (primary N) is 1. The van der Waals surface area contributed by atoms with Gasteiger partial charge in [0.1, 0.15) is 5.75 Å². The van der Waals surface area contributed by atoms with Gasteiger partial charge in [-0.3, -0.25) is 4.79 Å². The van der Waals surface area contributed by atoms with Crippen LogP contribution in [0.2, 0.25) is 0 Å². The fraction of sp³-hybridized carbons (Fsp3) is 0.278. The van der Waals surface area contributed by atoms with Crippen molar-refractivity contribution in [3.05, 3.63) is 59.2 Å². The highest BCUT2D eigenvalue weighted by molar-refractivity contribution is 5.94. The molecular weight excluding hydrogens is 276 g/mol. The first kappa shape index (κ1) is 16.0. The minimum atomic E-state index is -0.591. The van der Waals surface area contributed by atoms with E-state index in [1.807, 2.05) is 56.3 Å². The Balaban J connectivity index is 2.07. The second-order valence-corrected chi connectivity index (χ2v) is 5.38. The molecule has 0 spiro atoms. The molecule has 0 aromatic heterocycles. The van der Waals surface area contributed by atoms with E-state index in [4.69, 9.17) is 10.5 Å². The molecule has 2 aromatic carbocycles. The topological polar surface area (TPSA) is 64.3 Å². The lowest BCUT2D eigenvalue weighted by molar-refractivity contribution is -0.122. The molecule has 4 nitrogen and oxygen atoms in total. The average molecular weight is 298 g/mol. The van der Waals surface area contributed by atoms with Crippen LogP contribution in [0.1, 0.15) is 23.6 Å². The summed E-state index contributed by atoms with van der Waals surface area (Å²) in [7, 11) is 0. The van der Waals surface area contributed by atoms with Gasteiger partial charge in [0.2, 0.25) is 0 Å². The van der Waals surface area contributed by atoms with Gasteiger partial charge in [-0.05, 0) is 49.6 Å². The molecule has 1 unspecified atom stereocenters. The monoisotopic (exact) mass is 298 g/mol. The minimum Gasteiger partial charge on any atom is -0.481 e. The maximum absolute atomic E-state index is 12.3. The molecule has 0 saturated carbocycles. The molecule has 1 amide bonds. The van der Waals surface area contributed by atoms with Crippen molar-refractivity contribution in [2.45, 2.75) is 33.4 Å². The molecule has 22 heavy (non-hydrogen) atoms. The molecule has 0 saturated heterocycles. The highest BCUT2D eigenvalue weighted by Gasteiger charge is 2.16. The normalized spacial score (nSPS) is 11.8. The molecule has 1 atom stereocenters. The van der Waals surface area contributed by atoms with Crippen LogP contribution in [-0.2, 0) is 11.3 Å². The third-order valence-corrected chi connectivity index (χ3v) is 3.51. The first-order valence-corrected chi connectivity index (χ1v) is 7.34. The number of hydrogen-bond donors (Lipinski definition) is 2. The van der Waals surface area contributed by atoms with Crippen molar-refractivity contribution in [2.75, 3.05) is 5.32 Å². The molecule has 0 aliphatic heterocycles. The summed E-state index contributed by atoms with van der Waals surface area (Å²) in [6.07, 6.45) is -0.591. The van der Waals surface area contributed by atoms with E-state index in [9.17, 15) is 4.79 Å². The summed E-state index contributed by atoms with van der Waals surface area (Å²) in [5.41, 5.74) is 9.41. The Kier molecular flexibility index (Phi) is 5.17. The number of rotatable bonds is 5. The molecule has 0 aliphatic rings. The Morgan fingerprint density at radius 2 is 1.95 bits per heavy atom. The van der Waals surface area contributed by atoms with E-state index in [0.717, 1.165) is 28.1 Å². The Morgan fingerprint density at radius 1 is 1.23 bits per heavy atom. The number of para-hydroxylation sites is 1. The van der Waals surface area contributed by atoms with Crippen LogP contribution in [-0.4, -0.2) is 12.0 Å². The van der Waals surface area contributed by atoms with Crippen LogP contribution in [0, 0.1) is 13.8 Å². The summed E-state index contributed by atoms with van der Waals surface area (Å²) in [6, 6.07) is 13.4. The molecule has 116 valence electrons. The highest BCUT2D eigenvalue weighted by Crippen LogP contribution is 2.21. The van der Waals surface area contributed by atoms with E-state index < -0.39 is 6.10 Å². The Morgan fingerprint density at radius 3 is 2.68 bits per heavy atom. The molecular formula is C18H22N2O2. The van der Waals surface area contributed by atoms with E-state index >= 15 is 0 Å². The lowest BCUT2D eigenvalue weighted by Gasteiger charge is -2.17. The van der Waals surface area contributed by atoms with Crippen LogP contribution in [0.15, 0.2) is 42.5 Å². The van der Waals surface area contributed by atoms with Gasteiger partial charge in [0.05, 0.1) is 0 Å². The van der Waals surface area contributed by atoms with Gasteiger partial charge in [-0.15, -0.1) is 0 Å². The van der Waals surface area contributed by atoms with Gasteiger partial charge < -0.3 is 15.8 Å². The van der Waals surface area contributed by atoms with Crippen molar-refractivity contribution in [1.82, 2.24) is 0 Å². The van der Waals surface area contributed by atoms with E-state index in [1.165, 1.54) is 0 Å². The highest BCUT2D eigenvalue weighted by atomic mass is 16.5. The largest absolute Gasteiger partial charge is 0.481 e. The summed E-state index contributed by atoms with van der Waals surface area (Å²) in [6.45, 7) is 6.07. The van der Waals surface area contributed by atoms with Crippen LogP contribution in [0.3, 0.4) is 0 Å². The van der Waals surface area contributed by atoms with Crippen LogP contribution in [0.4, 0.5) is 5.69 Å². The maximum atomic E-state index is 12.3. The second kappa shape index (κ2) is 7.09. The standard InChI is InChI=1S/C18H22N2O2/c1-12-8-9-13(2)17(10-12)22-14(3)18(21)20-16-7-5-4-6-15(16)11-19/h4-10,14H,11,19H2,1-3H3,(H,20,21). The van der Waals surface area contributed by atoms with E-state index in [1.54, 1.807) is 6.92 Å². The molecule has 0 aliphatic carbocycles. The molecule has 0 fully saturated rings. The Hall–Kier alpha value is -2.33. The third kappa shape index (κ3) is 3.86. The van der Waals surface area contributed by atoms with Gasteiger partial charge in [0.25, 0.3) is 5.91 Å². The van der Waals surface area contributed by atoms with Crippen molar-refractivity contribution in [3.8, 4) is 5.75 Å². The van der Waals surface area contributed by atoms with E-state index in [0.29, 0.717) is 6.54 Å². The lowest BCUT2D eigenvalue weighted by atomic mass is 10.1. The van der Waals surface area contributed by atoms with Crippen LogP contribution in [0.5, 0.6) is 5.75 Å². The SMILES string of the molecule is Cc1ccc(C)c(OC(C)C(=O)Nc2ccccc2CN)c1. The van der Waals surface area contributed by atoms with E-state index in [-0.39, 0.29) is 5.91 Å². The fourth-order valence-electron chi connectivity index (χ4n) is 2.13. The van der Waals surface area contributed by atoms with Crippen molar-refractivity contribution in [1.29, 1.82) is 0 Å². The van der Waals surface area contributed by atoms with Crippen molar-refractivity contribution in [2.24, 2.45) is 5.73 Å². The number of hydrogen-bond acceptors (Lipinski definition) is 3. The lowest BCUT2D eigenvalue weighted by Crippen LogP contribution is -2.30. The first-order valence-electron chi connectivity index (χ1n) is 7.34. The molecule has 2 rings (SSSR count). The summed E-state index contributed by atoms with van der Waals surface area (Å²) < 4.78 is 5.79. The van der Waals surface area contributed by atoms with Gasteiger partial charge in [-0.25, -0.2) is 0 Å². The summed E-state index contributed by atoms with van der Waals surface area (Å²) in [5, 5.41) is 2.87. The fourth-order valence-corrected chi connectivity index (χ4v) is 2.13. The zero-order valence-electron chi connectivity index (χ0n) is 13.2. The van der Waals surface area contributed by atoms with E-state index in [2.05, 4.69) is 5.32 Å². The van der Waals surface area contributed by atoms with Crippen LogP contribution < -0.4 is 15.8 Å². The van der Waals surface area contributed by atoms with Crippen LogP contribution >= 0.6 is 0 Å². The molecule has 0 heterocycles. The second-order valence-electron chi connectivity index (χ2n) is 5.38. The van der Waals surface area contributed by atoms with Crippen molar-refractivity contribution < 1.29 is 9.53 Å². The summed E-state index contributed by atoms with van der Waals surface area (Å²) >= 11 is 0. The zero-order chi connectivity index (χ0) is 16.1. The van der Waals surface area contributed by atoms with Crippen molar-refractivity contribution in [3.63, 3.8) is 0 Å². The quantitative estimate of drug-likeness (QED) is 0.891. The number of carbonyl (C=O) groups is 1. The smallest absolute Gasteiger partial charge is 0.265 e. The van der Waals surface area contributed by atoms with Gasteiger partial charge in [0, 0.05) is 12.2 Å². The predicted molar refractivity (Wildman–Crippen MR) is 89.0 cm³/mol. The van der Waals surface area contributed by atoms with Gasteiger partial charge in [-0.2, -0.15) is 0 Å². The number of amides is 1. The number of aryl methyl sites for hydroxylation is 2. The van der Waals surface area contributed by atoms with Gasteiger partial charge in [0.15, 0.2) is 6.10 Å². The number of carbonyl (C=O) groups excluding carboxylic acids is 1. The van der Waals surface area contributed by atoms with Gasteiger partial charge in [-0.1, -0.05) is 30.3 Å². The molecule has 2 aromatic rings.